The number of hydrogen-bond acceptors (Lipinski definition) is 2. The summed E-state index contributed by atoms with van der Waals surface area (Å²) in [5.74, 6) is -1.25. The van der Waals surface area contributed by atoms with Crippen LogP contribution in [0.15, 0.2) is 12.1 Å². The van der Waals surface area contributed by atoms with Crippen LogP contribution in [0.1, 0.15) is 18.4 Å². The zero-order chi connectivity index (χ0) is 11.5. The first kappa shape index (κ1) is 11.3. The van der Waals surface area contributed by atoms with Crippen LogP contribution < -0.4 is 10.1 Å². The molecule has 1 saturated heterocycles. The summed E-state index contributed by atoms with van der Waals surface area (Å²) in [6.07, 6.45) is 2.89. The summed E-state index contributed by atoms with van der Waals surface area (Å²) in [5, 5.41) is 3.32. The highest BCUT2D eigenvalue weighted by molar-refractivity contribution is 5.35. The van der Waals surface area contributed by atoms with Gasteiger partial charge in [-0.2, -0.15) is 0 Å². The number of nitrogens with one attached hydrogen (secondary N) is 1. The SMILES string of the molecule is COc1cc(F)c(F)cc1CC1CCCN1. The van der Waals surface area contributed by atoms with Gasteiger partial charge in [-0.1, -0.05) is 0 Å². The molecule has 1 N–H and O–H groups in total. The van der Waals surface area contributed by atoms with E-state index in [1.807, 2.05) is 0 Å². The highest BCUT2D eigenvalue weighted by Gasteiger charge is 2.18. The van der Waals surface area contributed by atoms with E-state index in [0.717, 1.165) is 31.0 Å². The van der Waals surface area contributed by atoms with Crippen molar-refractivity contribution >= 4 is 0 Å². The summed E-state index contributed by atoms with van der Waals surface area (Å²) in [7, 11) is 1.47. The highest BCUT2D eigenvalue weighted by Crippen LogP contribution is 2.25. The summed E-state index contributed by atoms with van der Waals surface area (Å²) in [6, 6.07) is 2.69. The molecule has 1 atom stereocenters. The number of methoxy groups -OCH3 is 1. The van der Waals surface area contributed by atoms with E-state index in [1.54, 1.807) is 0 Å². The standard InChI is InChI=1S/C12H15F2NO/c1-16-12-7-11(14)10(13)6-8(12)5-9-3-2-4-15-9/h6-7,9,15H,2-5H2,1H3. The molecule has 1 heterocycles. The molecule has 0 spiro atoms. The molecular formula is C12H15F2NO. The van der Waals surface area contributed by atoms with Gasteiger partial charge < -0.3 is 10.1 Å². The second-order valence-electron chi connectivity index (χ2n) is 4.08. The Balaban J connectivity index is 2.20. The average Bonchev–Trinajstić information content (AvgIpc) is 2.76. The maximum absolute atomic E-state index is 13.1. The molecule has 1 aliphatic heterocycles. The zero-order valence-electron chi connectivity index (χ0n) is 9.22. The van der Waals surface area contributed by atoms with Gasteiger partial charge in [0.05, 0.1) is 7.11 Å². The Hall–Kier alpha value is -1.16. The first-order chi connectivity index (χ1) is 7.70. The Morgan fingerprint density at radius 2 is 2.12 bits per heavy atom. The highest BCUT2D eigenvalue weighted by atomic mass is 19.2. The molecule has 2 nitrogen and oxygen atoms in total. The maximum atomic E-state index is 13.1. The molecule has 88 valence electrons. The topological polar surface area (TPSA) is 21.3 Å². The van der Waals surface area contributed by atoms with Gasteiger partial charge in [-0.05, 0) is 37.4 Å². The average molecular weight is 227 g/mol. The molecule has 1 unspecified atom stereocenters. The minimum absolute atomic E-state index is 0.346. The molecule has 0 bridgehead atoms. The first-order valence-corrected chi connectivity index (χ1v) is 5.46. The van der Waals surface area contributed by atoms with E-state index < -0.39 is 11.6 Å². The molecule has 4 heteroatoms. The normalized spacial score (nSPS) is 20.1. The Bertz CT molecular complexity index is 376. The molecule has 16 heavy (non-hydrogen) atoms. The first-order valence-electron chi connectivity index (χ1n) is 5.46. The van der Waals surface area contributed by atoms with Crippen molar-refractivity contribution < 1.29 is 13.5 Å². The van der Waals surface area contributed by atoms with Crippen LogP contribution >= 0.6 is 0 Å². The van der Waals surface area contributed by atoms with Crippen molar-refractivity contribution in [3.8, 4) is 5.75 Å². The van der Waals surface area contributed by atoms with Crippen molar-refractivity contribution in [2.24, 2.45) is 0 Å². The van der Waals surface area contributed by atoms with Gasteiger partial charge in [0, 0.05) is 12.1 Å². The van der Waals surface area contributed by atoms with Crippen molar-refractivity contribution in [2.45, 2.75) is 25.3 Å². The number of hydrogen-bond donors (Lipinski definition) is 1. The number of ether oxygens (including phenoxy) is 1. The molecule has 0 aromatic heterocycles. The van der Waals surface area contributed by atoms with Crippen LogP contribution in [0.5, 0.6) is 5.75 Å². The Morgan fingerprint density at radius 1 is 1.38 bits per heavy atom. The minimum Gasteiger partial charge on any atom is -0.496 e. The maximum Gasteiger partial charge on any atom is 0.162 e. The molecule has 1 fully saturated rings. The molecule has 0 radical (unpaired) electrons. The quantitative estimate of drug-likeness (QED) is 0.855. The van der Waals surface area contributed by atoms with Crippen LogP contribution in [0.4, 0.5) is 8.78 Å². The van der Waals surface area contributed by atoms with Crippen LogP contribution in [0.25, 0.3) is 0 Å². The van der Waals surface area contributed by atoms with Crippen molar-refractivity contribution in [3.63, 3.8) is 0 Å². The van der Waals surface area contributed by atoms with Crippen LogP contribution in [0.3, 0.4) is 0 Å². The van der Waals surface area contributed by atoms with E-state index >= 15 is 0 Å². The molecule has 0 aliphatic carbocycles. The lowest BCUT2D eigenvalue weighted by Gasteiger charge is -2.13. The Labute approximate surface area is 93.6 Å². The summed E-state index contributed by atoms with van der Waals surface area (Å²) < 4.78 is 31.2. The van der Waals surface area contributed by atoms with Crippen molar-refractivity contribution in [3.05, 3.63) is 29.3 Å². The predicted molar refractivity (Wildman–Crippen MR) is 57.6 cm³/mol. The molecule has 0 amide bonds. The lowest BCUT2D eigenvalue weighted by molar-refractivity contribution is 0.397. The third-order valence-electron chi connectivity index (χ3n) is 2.95. The van der Waals surface area contributed by atoms with Gasteiger partial charge >= 0.3 is 0 Å². The molecule has 0 saturated carbocycles. The van der Waals surface area contributed by atoms with E-state index in [2.05, 4.69) is 5.32 Å². The summed E-state index contributed by atoms with van der Waals surface area (Å²) in [5.41, 5.74) is 0.723. The third kappa shape index (κ3) is 2.32. The summed E-state index contributed by atoms with van der Waals surface area (Å²) in [4.78, 5) is 0. The molecular weight excluding hydrogens is 212 g/mol. The smallest absolute Gasteiger partial charge is 0.162 e. The fraction of sp³-hybridized carbons (Fsp3) is 0.500. The van der Waals surface area contributed by atoms with E-state index in [-0.39, 0.29) is 0 Å². The lowest BCUT2D eigenvalue weighted by atomic mass is 10.0. The van der Waals surface area contributed by atoms with Crippen molar-refractivity contribution in [2.75, 3.05) is 13.7 Å². The van der Waals surface area contributed by atoms with E-state index in [9.17, 15) is 8.78 Å². The van der Waals surface area contributed by atoms with Crippen LogP contribution in [-0.2, 0) is 6.42 Å². The fourth-order valence-corrected chi connectivity index (χ4v) is 2.12. The Morgan fingerprint density at radius 3 is 2.75 bits per heavy atom. The number of halogens is 2. The molecule has 1 aromatic rings. The largest absolute Gasteiger partial charge is 0.496 e. The second-order valence-corrected chi connectivity index (χ2v) is 4.08. The van der Waals surface area contributed by atoms with Gasteiger partial charge in [-0.3, -0.25) is 0 Å². The minimum atomic E-state index is -0.861. The van der Waals surface area contributed by atoms with Crippen LogP contribution in [-0.4, -0.2) is 19.7 Å². The zero-order valence-corrected chi connectivity index (χ0v) is 9.22. The summed E-state index contributed by atoms with van der Waals surface area (Å²) >= 11 is 0. The van der Waals surface area contributed by atoms with Gasteiger partial charge in [-0.15, -0.1) is 0 Å². The van der Waals surface area contributed by atoms with Gasteiger partial charge in [-0.25, -0.2) is 8.78 Å². The number of benzene rings is 1. The van der Waals surface area contributed by atoms with Gasteiger partial charge in [0.15, 0.2) is 11.6 Å². The van der Waals surface area contributed by atoms with Crippen molar-refractivity contribution in [1.29, 1.82) is 0 Å². The molecule has 1 aromatic carbocycles. The van der Waals surface area contributed by atoms with Crippen molar-refractivity contribution in [1.82, 2.24) is 5.32 Å². The van der Waals surface area contributed by atoms with Crippen LogP contribution in [0, 0.1) is 11.6 Å². The van der Waals surface area contributed by atoms with Gasteiger partial charge in [0.2, 0.25) is 0 Å². The predicted octanol–water partition coefficient (Wildman–Crippen LogP) is 2.27. The van der Waals surface area contributed by atoms with E-state index in [1.165, 1.54) is 13.2 Å². The fourth-order valence-electron chi connectivity index (χ4n) is 2.12. The van der Waals surface area contributed by atoms with Gasteiger partial charge in [0.25, 0.3) is 0 Å². The lowest BCUT2D eigenvalue weighted by Crippen LogP contribution is -2.24. The van der Waals surface area contributed by atoms with E-state index in [0.29, 0.717) is 18.2 Å². The Kier molecular flexibility index (Phi) is 3.39. The second kappa shape index (κ2) is 4.78. The third-order valence-corrected chi connectivity index (χ3v) is 2.95. The molecule has 1 aliphatic rings. The van der Waals surface area contributed by atoms with Crippen LogP contribution in [0.2, 0.25) is 0 Å². The van der Waals surface area contributed by atoms with E-state index in [4.69, 9.17) is 4.74 Å². The summed E-state index contributed by atoms with van der Waals surface area (Å²) in [6.45, 7) is 0.997. The van der Waals surface area contributed by atoms with Gasteiger partial charge in [0.1, 0.15) is 5.75 Å². The number of rotatable bonds is 3. The molecule has 2 rings (SSSR count). The monoisotopic (exact) mass is 227 g/mol.